The first kappa shape index (κ1) is 81.7. The molecular formula is C75H146O10. The summed E-state index contributed by atoms with van der Waals surface area (Å²) < 4.78 is 22.5. The van der Waals surface area contributed by atoms with Crippen LogP contribution in [0.1, 0.15) is 412 Å². The molecule has 4 N–H and O–H groups in total. The number of hydrogen-bond acceptors (Lipinski definition) is 10. The van der Waals surface area contributed by atoms with Crippen molar-refractivity contribution in [1.82, 2.24) is 0 Å². The molecule has 1 fully saturated rings. The van der Waals surface area contributed by atoms with Crippen LogP contribution in [0.15, 0.2) is 0 Å². The molecule has 10 nitrogen and oxygen atoms in total. The Kier molecular flexibility index (Phi) is 63.1. The highest BCUT2D eigenvalue weighted by molar-refractivity contribution is 5.70. The van der Waals surface area contributed by atoms with Gasteiger partial charge in [0, 0.05) is 12.8 Å². The van der Waals surface area contributed by atoms with Gasteiger partial charge in [0.1, 0.15) is 31.0 Å². The molecule has 10 heteroatoms. The van der Waals surface area contributed by atoms with Crippen LogP contribution < -0.4 is 0 Å². The van der Waals surface area contributed by atoms with Crippen LogP contribution in [-0.2, 0) is 28.5 Å². The monoisotopic (exact) mass is 1210 g/mol. The van der Waals surface area contributed by atoms with Crippen LogP contribution in [0.5, 0.6) is 0 Å². The predicted octanol–water partition coefficient (Wildman–Crippen LogP) is 21.5. The standard InChI is InChI=1S/C75H146O10/c1-3-5-7-9-11-13-15-17-19-21-23-25-27-29-31-33-35-37-39-41-43-45-47-49-51-53-55-57-59-61-63-70(77)82-66-68(67-83-75-74(81)73(80)72(79)69(65-76)85-75)84-71(78)64-62-60-58-56-54-52-50-48-46-44-42-40-38-36-34-32-30-28-26-24-22-20-18-16-14-12-10-8-6-4-2/h68-69,72-76,79-81H,3-67H2,1-2H3/t68?,69-,72-,73+,74-,75?/m1/s1. The number of aliphatic hydroxyl groups excluding tert-OH is 4. The number of carbonyl (C=O) groups is 2. The smallest absolute Gasteiger partial charge is 0.306 e. The highest BCUT2D eigenvalue weighted by Crippen LogP contribution is 2.24. The second-order valence-corrected chi connectivity index (χ2v) is 26.8. The van der Waals surface area contributed by atoms with Crippen molar-refractivity contribution in [3.63, 3.8) is 0 Å². The fourth-order valence-electron chi connectivity index (χ4n) is 12.6. The van der Waals surface area contributed by atoms with E-state index in [4.69, 9.17) is 18.9 Å². The second kappa shape index (κ2) is 65.6. The van der Waals surface area contributed by atoms with Crippen LogP contribution in [-0.4, -0.2) is 89.0 Å². The highest BCUT2D eigenvalue weighted by atomic mass is 16.7. The van der Waals surface area contributed by atoms with Gasteiger partial charge in [-0.3, -0.25) is 9.59 Å². The number of ether oxygens (including phenoxy) is 4. The maximum atomic E-state index is 13.0. The maximum absolute atomic E-state index is 13.0. The molecule has 1 rings (SSSR count). The molecule has 2 unspecified atom stereocenters. The zero-order valence-electron chi connectivity index (χ0n) is 56.7. The predicted molar refractivity (Wildman–Crippen MR) is 358 cm³/mol. The van der Waals surface area contributed by atoms with Gasteiger partial charge in [0.15, 0.2) is 12.4 Å². The van der Waals surface area contributed by atoms with Crippen LogP contribution in [0.4, 0.5) is 0 Å². The van der Waals surface area contributed by atoms with Gasteiger partial charge in [0.2, 0.25) is 0 Å². The molecule has 0 spiro atoms. The molecular weight excluding hydrogens is 1060 g/mol. The summed E-state index contributed by atoms with van der Waals surface area (Å²) in [5.74, 6) is -0.773. The Morgan fingerprint density at radius 2 is 0.553 bits per heavy atom. The van der Waals surface area contributed by atoms with Crippen molar-refractivity contribution >= 4 is 11.9 Å². The first-order chi connectivity index (χ1) is 41.8. The van der Waals surface area contributed by atoms with Gasteiger partial charge in [-0.1, -0.05) is 386 Å². The average Bonchev–Trinajstić information content (AvgIpc) is 3.57. The largest absolute Gasteiger partial charge is 0.462 e. The summed E-state index contributed by atoms with van der Waals surface area (Å²) in [7, 11) is 0. The summed E-state index contributed by atoms with van der Waals surface area (Å²) in [6, 6.07) is 0. The summed E-state index contributed by atoms with van der Waals surface area (Å²) in [5.41, 5.74) is 0. The molecule has 0 radical (unpaired) electrons. The lowest BCUT2D eigenvalue weighted by atomic mass is 9.99. The molecule has 0 aromatic heterocycles. The van der Waals surface area contributed by atoms with Crippen LogP contribution in [0.25, 0.3) is 0 Å². The van der Waals surface area contributed by atoms with Gasteiger partial charge < -0.3 is 39.4 Å². The molecule has 0 aliphatic carbocycles. The Hall–Kier alpha value is -1.30. The van der Waals surface area contributed by atoms with Gasteiger partial charge in [-0.15, -0.1) is 0 Å². The van der Waals surface area contributed by atoms with Crippen LogP contribution in [0.3, 0.4) is 0 Å². The lowest BCUT2D eigenvalue weighted by molar-refractivity contribution is -0.305. The molecule has 506 valence electrons. The van der Waals surface area contributed by atoms with Crippen molar-refractivity contribution in [1.29, 1.82) is 0 Å². The van der Waals surface area contributed by atoms with E-state index in [1.165, 1.54) is 347 Å². The van der Waals surface area contributed by atoms with E-state index < -0.39 is 49.4 Å². The summed E-state index contributed by atoms with van der Waals surface area (Å²) in [6.45, 7) is 3.54. The van der Waals surface area contributed by atoms with E-state index in [9.17, 15) is 30.0 Å². The van der Waals surface area contributed by atoms with Crippen molar-refractivity contribution < 1.29 is 49.0 Å². The highest BCUT2D eigenvalue weighted by Gasteiger charge is 2.44. The molecule has 0 amide bonds. The van der Waals surface area contributed by atoms with Crippen LogP contribution in [0, 0.1) is 0 Å². The minimum Gasteiger partial charge on any atom is -0.462 e. The quantitative estimate of drug-likeness (QED) is 0.0342. The Bertz CT molecular complexity index is 1350. The van der Waals surface area contributed by atoms with Crippen LogP contribution in [0.2, 0.25) is 0 Å². The van der Waals surface area contributed by atoms with E-state index >= 15 is 0 Å². The fourth-order valence-corrected chi connectivity index (χ4v) is 12.6. The van der Waals surface area contributed by atoms with Gasteiger partial charge in [0.25, 0.3) is 0 Å². The normalized spacial score (nSPS) is 17.5. The van der Waals surface area contributed by atoms with Crippen molar-refractivity contribution in [2.45, 2.75) is 449 Å². The zero-order chi connectivity index (χ0) is 61.4. The first-order valence-corrected chi connectivity index (χ1v) is 38.1. The minimum absolute atomic E-state index is 0.207. The van der Waals surface area contributed by atoms with Crippen molar-refractivity contribution in [2.24, 2.45) is 0 Å². The third-order valence-electron chi connectivity index (χ3n) is 18.5. The summed E-state index contributed by atoms with van der Waals surface area (Å²) in [4.78, 5) is 25.7. The topological polar surface area (TPSA) is 152 Å². The van der Waals surface area contributed by atoms with E-state index in [0.717, 1.165) is 32.1 Å². The van der Waals surface area contributed by atoms with E-state index in [1.54, 1.807) is 0 Å². The average molecular weight is 1210 g/mol. The van der Waals surface area contributed by atoms with E-state index in [2.05, 4.69) is 13.8 Å². The summed E-state index contributed by atoms with van der Waals surface area (Å²) in [6.07, 6.45) is 73.3. The lowest BCUT2D eigenvalue weighted by Gasteiger charge is -2.39. The van der Waals surface area contributed by atoms with Gasteiger partial charge in [-0.05, 0) is 12.8 Å². The van der Waals surface area contributed by atoms with Gasteiger partial charge in [-0.2, -0.15) is 0 Å². The Morgan fingerprint density at radius 3 is 0.800 bits per heavy atom. The zero-order valence-corrected chi connectivity index (χ0v) is 56.7. The molecule has 1 aliphatic rings. The number of hydrogen-bond donors (Lipinski definition) is 4. The second-order valence-electron chi connectivity index (χ2n) is 26.8. The molecule has 85 heavy (non-hydrogen) atoms. The lowest BCUT2D eigenvalue weighted by Crippen LogP contribution is -2.59. The molecule has 1 aliphatic heterocycles. The van der Waals surface area contributed by atoms with E-state index in [1.807, 2.05) is 0 Å². The summed E-state index contributed by atoms with van der Waals surface area (Å²) in [5, 5.41) is 40.5. The molecule has 6 atom stereocenters. The number of carbonyl (C=O) groups excluding carboxylic acids is 2. The van der Waals surface area contributed by atoms with E-state index in [0.29, 0.717) is 6.42 Å². The Balaban J connectivity index is 2.05. The molecule has 0 aromatic rings. The number of unbranched alkanes of at least 4 members (excludes halogenated alkanes) is 58. The van der Waals surface area contributed by atoms with Gasteiger partial charge in [0.05, 0.1) is 13.2 Å². The van der Waals surface area contributed by atoms with Crippen molar-refractivity contribution in [2.75, 3.05) is 19.8 Å². The Morgan fingerprint density at radius 1 is 0.318 bits per heavy atom. The first-order valence-electron chi connectivity index (χ1n) is 38.1. The fraction of sp³-hybridized carbons (Fsp3) is 0.973. The number of rotatable bonds is 69. The molecule has 0 saturated carbocycles. The third kappa shape index (κ3) is 55.3. The van der Waals surface area contributed by atoms with Crippen molar-refractivity contribution in [3.05, 3.63) is 0 Å². The third-order valence-corrected chi connectivity index (χ3v) is 18.5. The molecule has 1 heterocycles. The summed E-state index contributed by atoms with van der Waals surface area (Å²) >= 11 is 0. The SMILES string of the molecule is CCCCCCCCCCCCCCCCCCCCCCCCCCCCCCCCC(=O)OCC(COC1O[C@H](CO)[C@@H](O)[C@H](O)[C@H]1O)OC(=O)CCCCCCCCCCCCCCCCCCCCCCCCCCCCCCCC. The van der Waals surface area contributed by atoms with Gasteiger partial charge in [-0.25, -0.2) is 0 Å². The maximum Gasteiger partial charge on any atom is 0.306 e. The minimum atomic E-state index is -1.59. The Labute approximate surface area is 527 Å². The van der Waals surface area contributed by atoms with E-state index in [-0.39, 0.29) is 32.0 Å². The molecule has 0 bridgehead atoms. The molecule has 0 aromatic carbocycles. The van der Waals surface area contributed by atoms with Crippen LogP contribution >= 0.6 is 0 Å². The van der Waals surface area contributed by atoms with Gasteiger partial charge >= 0.3 is 11.9 Å². The number of aliphatic hydroxyl groups is 4. The van der Waals surface area contributed by atoms with Crippen molar-refractivity contribution in [3.8, 4) is 0 Å². The number of esters is 2. The molecule has 1 saturated heterocycles.